The van der Waals surface area contributed by atoms with E-state index in [1.54, 1.807) is 10.9 Å². The van der Waals surface area contributed by atoms with Crippen molar-refractivity contribution in [2.45, 2.75) is 32.9 Å². The van der Waals surface area contributed by atoms with Gasteiger partial charge in [-0.05, 0) is 37.1 Å². The molecular formula is C23H27N6O2+. The Hall–Kier alpha value is -3.52. The molecule has 1 saturated heterocycles. The Balaban J connectivity index is 1.61. The quantitative estimate of drug-likeness (QED) is 0.646. The van der Waals surface area contributed by atoms with Crippen molar-refractivity contribution in [1.82, 2.24) is 0 Å². The predicted octanol–water partition coefficient (Wildman–Crippen LogP) is 2.17. The molecule has 0 saturated carbocycles. The van der Waals surface area contributed by atoms with Crippen LogP contribution < -0.4 is 16.0 Å². The van der Waals surface area contributed by atoms with Gasteiger partial charge in [-0.1, -0.05) is 34.9 Å². The molecule has 1 atom stereocenters. The number of anilines is 2. The molecule has 1 fully saturated rings. The molecule has 2 aromatic rings. The Labute approximate surface area is 181 Å². The highest BCUT2D eigenvalue weighted by molar-refractivity contribution is 6.62. The number of aryl methyl sites for hydroxylation is 1. The van der Waals surface area contributed by atoms with Crippen molar-refractivity contribution < 1.29 is 14.6 Å². The highest BCUT2D eigenvalue weighted by Gasteiger charge is 2.24. The van der Waals surface area contributed by atoms with Crippen molar-refractivity contribution in [2.24, 2.45) is 15.8 Å². The number of aliphatic hydroxyl groups is 1. The molecular weight excluding hydrogens is 392 g/mol. The van der Waals surface area contributed by atoms with Gasteiger partial charge in [0.25, 0.3) is 0 Å². The van der Waals surface area contributed by atoms with Crippen LogP contribution in [-0.2, 0) is 11.3 Å². The number of aliphatic hydroxyl groups excluding tert-OH is 1. The molecule has 0 aromatic heterocycles. The van der Waals surface area contributed by atoms with E-state index in [4.69, 9.17) is 5.73 Å². The summed E-state index contributed by atoms with van der Waals surface area (Å²) in [6, 6.07) is 13.9. The Kier molecular flexibility index (Phi) is 5.81. The number of β-amino-alcohol motifs (C(OH)–C–C–N with tert-alkyl or cyclic N) is 1. The highest BCUT2D eigenvalue weighted by Crippen LogP contribution is 2.32. The van der Waals surface area contributed by atoms with Gasteiger partial charge in [-0.15, -0.1) is 4.68 Å². The molecule has 31 heavy (non-hydrogen) atoms. The Morgan fingerprint density at radius 3 is 2.77 bits per heavy atom. The average Bonchev–Trinajstić information content (AvgIpc) is 3.31. The van der Waals surface area contributed by atoms with Crippen molar-refractivity contribution in [3.63, 3.8) is 0 Å². The highest BCUT2D eigenvalue weighted by atomic mass is 16.3. The van der Waals surface area contributed by atoms with Crippen LogP contribution in [0, 0.1) is 6.92 Å². The van der Waals surface area contributed by atoms with Crippen LogP contribution in [-0.4, -0.2) is 52.7 Å². The maximum atomic E-state index is 11.8. The first kappa shape index (κ1) is 20.7. The number of rotatable bonds is 5. The molecule has 8 nitrogen and oxygen atoms in total. The van der Waals surface area contributed by atoms with Crippen molar-refractivity contribution in [3.8, 4) is 0 Å². The number of aliphatic imine (C=N–C) groups is 1. The molecule has 0 radical (unpaired) electrons. The fraction of sp³-hybridized carbons (Fsp3) is 0.304. The van der Waals surface area contributed by atoms with E-state index < -0.39 is 0 Å². The molecule has 1 amide bonds. The second-order valence-electron chi connectivity index (χ2n) is 7.94. The zero-order chi connectivity index (χ0) is 22.0. The van der Waals surface area contributed by atoms with Crippen LogP contribution in [0.2, 0.25) is 0 Å². The van der Waals surface area contributed by atoms with Crippen LogP contribution in [0.25, 0.3) is 0 Å². The van der Waals surface area contributed by atoms with Gasteiger partial charge in [0.1, 0.15) is 12.8 Å². The van der Waals surface area contributed by atoms with E-state index in [0.717, 1.165) is 24.2 Å². The summed E-state index contributed by atoms with van der Waals surface area (Å²) >= 11 is 0. The first-order valence-corrected chi connectivity index (χ1v) is 10.3. The van der Waals surface area contributed by atoms with Gasteiger partial charge in [0.05, 0.1) is 17.5 Å². The topological polar surface area (TPSA) is 106 Å². The van der Waals surface area contributed by atoms with Gasteiger partial charge in [0.2, 0.25) is 5.91 Å². The number of benzene rings is 2. The van der Waals surface area contributed by atoms with Crippen molar-refractivity contribution >= 4 is 40.7 Å². The van der Waals surface area contributed by atoms with E-state index in [1.807, 2.05) is 25.1 Å². The molecule has 2 aliphatic rings. The van der Waals surface area contributed by atoms with Crippen LogP contribution in [0.1, 0.15) is 24.5 Å². The van der Waals surface area contributed by atoms with Crippen molar-refractivity contribution in [1.29, 1.82) is 0 Å². The second-order valence-corrected chi connectivity index (χ2v) is 7.94. The van der Waals surface area contributed by atoms with Crippen molar-refractivity contribution in [3.05, 3.63) is 53.6 Å². The molecule has 0 bridgehead atoms. The van der Waals surface area contributed by atoms with Gasteiger partial charge in [-0.2, -0.15) is 0 Å². The molecule has 1 unspecified atom stereocenters. The minimum absolute atomic E-state index is 0.182. The molecule has 4 rings (SSSR count). The molecule has 2 aliphatic heterocycles. The zero-order valence-corrected chi connectivity index (χ0v) is 17.7. The molecule has 4 N–H and O–H groups in total. The molecule has 2 aromatic carbocycles. The number of nitrogens with zero attached hydrogens (tertiary/aromatic N) is 4. The SMILES string of the molecule is CC(=O)Nc1cc(N2CCC(O)C2)ccc1N=C1C=N[N+](Cc2ccc(C)cc2)=C1N. The number of hydrogen-bond acceptors (Lipinski definition) is 6. The number of carbonyl (C=O) groups excluding carboxylic acids is 1. The first-order chi connectivity index (χ1) is 14.9. The lowest BCUT2D eigenvalue weighted by Crippen LogP contribution is -2.28. The summed E-state index contributed by atoms with van der Waals surface area (Å²) in [5.74, 6) is 0.277. The molecule has 0 spiro atoms. The third-order valence-electron chi connectivity index (χ3n) is 5.37. The number of amidine groups is 1. The summed E-state index contributed by atoms with van der Waals surface area (Å²) in [7, 11) is 0. The van der Waals surface area contributed by atoms with Crippen LogP contribution >= 0.6 is 0 Å². The standard InChI is InChI=1S/C23H26N6O2/c1-15-3-5-17(6-4-15)13-29-23(24)22(12-25-29)27-20-8-7-18(11-21(20)26-16(2)30)28-10-9-19(31)14-28/h3-8,11-12,19,31H,9-10,13-14H2,1-2H3,(H2,24,25,26,30)/p+1. The number of hydrazone groups is 1. The largest absolute Gasteiger partial charge is 0.391 e. The smallest absolute Gasteiger partial charge is 0.321 e. The maximum absolute atomic E-state index is 11.8. The number of amides is 1. The van der Waals surface area contributed by atoms with Gasteiger partial charge < -0.3 is 15.3 Å². The van der Waals surface area contributed by atoms with E-state index in [2.05, 4.69) is 44.6 Å². The fourth-order valence-electron chi connectivity index (χ4n) is 3.68. The third kappa shape index (κ3) is 4.80. The lowest BCUT2D eigenvalue weighted by molar-refractivity contribution is -0.546. The number of hydrogen-bond donors (Lipinski definition) is 3. The summed E-state index contributed by atoms with van der Waals surface area (Å²) in [5.41, 5.74) is 11.3. The zero-order valence-electron chi connectivity index (χ0n) is 17.7. The van der Waals surface area contributed by atoms with Gasteiger partial charge >= 0.3 is 5.84 Å². The Bertz CT molecular complexity index is 1090. The average molecular weight is 420 g/mol. The van der Waals surface area contributed by atoms with E-state index in [1.165, 1.54) is 12.5 Å². The minimum Gasteiger partial charge on any atom is -0.391 e. The summed E-state index contributed by atoms with van der Waals surface area (Å²) in [4.78, 5) is 18.5. The van der Waals surface area contributed by atoms with Gasteiger partial charge in [0.15, 0.2) is 5.71 Å². The molecule has 0 aliphatic carbocycles. The lowest BCUT2D eigenvalue weighted by atomic mass is 10.1. The lowest BCUT2D eigenvalue weighted by Gasteiger charge is -2.19. The molecule has 8 heteroatoms. The van der Waals surface area contributed by atoms with E-state index in [0.29, 0.717) is 36.0 Å². The number of nitrogens with one attached hydrogen (secondary N) is 1. The Morgan fingerprint density at radius 1 is 1.32 bits per heavy atom. The molecule has 2 heterocycles. The normalized spacial score (nSPS) is 19.5. The summed E-state index contributed by atoms with van der Waals surface area (Å²) < 4.78 is 1.71. The Morgan fingerprint density at radius 2 is 2.10 bits per heavy atom. The van der Waals surface area contributed by atoms with Gasteiger partial charge in [-0.3, -0.25) is 10.5 Å². The fourth-order valence-corrected chi connectivity index (χ4v) is 3.68. The van der Waals surface area contributed by atoms with Crippen molar-refractivity contribution in [2.75, 3.05) is 23.3 Å². The number of nitrogens with two attached hydrogens (primary N) is 1. The van der Waals surface area contributed by atoms with Gasteiger partial charge in [-0.25, -0.2) is 4.99 Å². The van der Waals surface area contributed by atoms with E-state index in [-0.39, 0.29) is 12.0 Å². The minimum atomic E-state index is -0.326. The molecule has 160 valence electrons. The summed E-state index contributed by atoms with van der Waals surface area (Å²) in [6.45, 7) is 5.41. The van der Waals surface area contributed by atoms with E-state index >= 15 is 0 Å². The maximum Gasteiger partial charge on any atom is 0.321 e. The van der Waals surface area contributed by atoms with Gasteiger partial charge in [0, 0.05) is 25.7 Å². The van der Waals surface area contributed by atoms with Crippen LogP contribution in [0.15, 0.2) is 52.6 Å². The first-order valence-electron chi connectivity index (χ1n) is 10.3. The number of carbonyl (C=O) groups is 1. The predicted molar refractivity (Wildman–Crippen MR) is 124 cm³/mol. The van der Waals surface area contributed by atoms with Crippen LogP contribution in [0.3, 0.4) is 0 Å². The monoisotopic (exact) mass is 419 g/mol. The summed E-state index contributed by atoms with van der Waals surface area (Å²) in [5, 5.41) is 17.1. The van der Waals surface area contributed by atoms with Crippen LogP contribution in [0.4, 0.5) is 17.1 Å². The van der Waals surface area contributed by atoms with Crippen LogP contribution in [0.5, 0.6) is 0 Å². The second kappa shape index (κ2) is 8.69. The van der Waals surface area contributed by atoms with E-state index in [9.17, 15) is 9.90 Å². The summed E-state index contributed by atoms with van der Waals surface area (Å²) in [6.07, 6.45) is 2.04. The third-order valence-corrected chi connectivity index (χ3v) is 5.37.